The van der Waals surface area contributed by atoms with E-state index in [0.717, 1.165) is 24.2 Å². The average molecular weight is 386 g/mol. The molecule has 0 aliphatic carbocycles. The van der Waals surface area contributed by atoms with Crippen molar-refractivity contribution < 1.29 is 17.8 Å². The van der Waals surface area contributed by atoms with E-state index in [0.29, 0.717) is 6.54 Å². The number of pyridine rings is 1. The summed E-state index contributed by atoms with van der Waals surface area (Å²) in [4.78, 5) is 16.6. The van der Waals surface area contributed by atoms with E-state index in [1.807, 2.05) is 19.9 Å². The SMILES string of the molecule is CCCCCCNCc1cc(C(C)C)cc(C(=O)NCCS(=O)(=O)O)n1. The number of nitrogens with zero attached hydrogens (tertiary/aromatic N) is 1. The highest BCUT2D eigenvalue weighted by molar-refractivity contribution is 7.85. The molecule has 3 N–H and O–H groups in total. The molecule has 26 heavy (non-hydrogen) atoms. The van der Waals surface area contributed by atoms with Gasteiger partial charge in [-0.1, -0.05) is 40.0 Å². The summed E-state index contributed by atoms with van der Waals surface area (Å²) in [6.07, 6.45) is 4.75. The fourth-order valence-corrected chi connectivity index (χ4v) is 2.79. The minimum atomic E-state index is -4.10. The molecule has 0 saturated heterocycles. The molecule has 0 aliphatic heterocycles. The van der Waals surface area contributed by atoms with Gasteiger partial charge in [0.25, 0.3) is 16.0 Å². The van der Waals surface area contributed by atoms with E-state index < -0.39 is 21.8 Å². The maximum absolute atomic E-state index is 12.2. The first-order chi connectivity index (χ1) is 12.2. The number of rotatable bonds is 12. The van der Waals surface area contributed by atoms with Crippen LogP contribution in [0.4, 0.5) is 0 Å². The molecule has 1 amide bonds. The molecule has 0 radical (unpaired) electrons. The molecule has 0 aromatic carbocycles. The lowest BCUT2D eigenvalue weighted by molar-refractivity contribution is 0.0950. The predicted molar refractivity (Wildman–Crippen MR) is 103 cm³/mol. The molecule has 0 bridgehead atoms. The summed E-state index contributed by atoms with van der Waals surface area (Å²) in [5, 5.41) is 5.83. The Bertz CT molecular complexity index is 675. The number of carbonyl (C=O) groups excluding carboxylic acids is 1. The van der Waals surface area contributed by atoms with Gasteiger partial charge in [-0.3, -0.25) is 9.35 Å². The molecule has 148 valence electrons. The molecule has 1 aromatic heterocycles. The second-order valence-electron chi connectivity index (χ2n) is 6.71. The van der Waals surface area contributed by atoms with Crippen molar-refractivity contribution in [3.8, 4) is 0 Å². The van der Waals surface area contributed by atoms with Crippen molar-refractivity contribution in [3.05, 3.63) is 29.1 Å². The minimum absolute atomic E-state index is 0.156. The number of unbranched alkanes of at least 4 members (excludes halogenated alkanes) is 3. The van der Waals surface area contributed by atoms with Crippen molar-refractivity contribution >= 4 is 16.0 Å². The van der Waals surface area contributed by atoms with Gasteiger partial charge < -0.3 is 10.6 Å². The van der Waals surface area contributed by atoms with Crippen LogP contribution < -0.4 is 10.6 Å². The third-order valence-electron chi connectivity index (χ3n) is 3.96. The molecule has 1 heterocycles. The lowest BCUT2D eigenvalue weighted by Crippen LogP contribution is -2.30. The maximum atomic E-state index is 12.2. The highest BCUT2D eigenvalue weighted by Gasteiger charge is 2.13. The molecule has 8 heteroatoms. The molecule has 7 nitrogen and oxygen atoms in total. The van der Waals surface area contributed by atoms with Crippen LogP contribution in [-0.4, -0.2) is 42.7 Å². The Morgan fingerprint density at radius 3 is 2.54 bits per heavy atom. The van der Waals surface area contributed by atoms with Crippen molar-refractivity contribution in [2.75, 3.05) is 18.8 Å². The van der Waals surface area contributed by atoms with Crippen molar-refractivity contribution in [3.63, 3.8) is 0 Å². The third kappa shape index (κ3) is 9.26. The van der Waals surface area contributed by atoms with Crippen molar-refractivity contribution in [2.24, 2.45) is 0 Å². The van der Waals surface area contributed by atoms with Crippen LogP contribution >= 0.6 is 0 Å². The number of nitrogens with one attached hydrogen (secondary N) is 2. The molecule has 0 spiro atoms. The minimum Gasteiger partial charge on any atom is -0.350 e. The molecule has 0 fully saturated rings. The van der Waals surface area contributed by atoms with E-state index in [2.05, 4.69) is 22.5 Å². The van der Waals surface area contributed by atoms with E-state index >= 15 is 0 Å². The van der Waals surface area contributed by atoms with Crippen LogP contribution in [0.1, 0.15) is 74.1 Å². The van der Waals surface area contributed by atoms with E-state index in [-0.39, 0.29) is 18.2 Å². The molecular formula is C18H31N3O4S. The summed E-state index contributed by atoms with van der Waals surface area (Å²) < 4.78 is 30.2. The average Bonchev–Trinajstić information content (AvgIpc) is 2.56. The van der Waals surface area contributed by atoms with Gasteiger partial charge in [-0.05, 0) is 36.6 Å². The van der Waals surface area contributed by atoms with Gasteiger partial charge in [0, 0.05) is 13.1 Å². The summed E-state index contributed by atoms with van der Waals surface area (Å²) in [5.41, 5.74) is 2.05. The van der Waals surface area contributed by atoms with Gasteiger partial charge in [-0.2, -0.15) is 8.42 Å². The quantitative estimate of drug-likeness (QED) is 0.377. The number of aromatic nitrogens is 1. The molecule has 0 atom stereocenters. The van der Waals surface area contributed by atoms with Crippen LogP contribution in [0.3, 0.4) is 0 Å². The van der Waals surface area contributed by atoms with E-state index in [1.54, 1.807) is 6.07 Å². The Kier molecular flexibility index (Phi) is 9.75. The zero-order chi connectivity index (χ0) is 19.6. The Labute approximate surface area is 156 Å². The Morgan fingerprint density at radius 1 is 1.19 bits per heavy atom. The predicted octanol–water partition coefficient (Wildman–Crippen LogP) is 2.49. The van der Waals surface area contributed by atoms with Gasteiger partial charge in [0.1, 0.15) is 5.69 Å². The number of carbonyl (C=O) groups is 1. The normalized spacial score (nSPS) is 11.7. The fourth-order valence-electron chi connectivity index (χ4n) is 2.43. The zero-order valence-electron chi connectivity index (χ0n) is 15.9. The highest BCUT2D eigenvalue weighted by Crippen LogP contribution is 2.16. The third-order valence-corrected chi connectivity index (χ3v) is 4.68. The van der Waals surface area contributed by atoms with Gasteiger partial charge in [0.15, 0.2) is 0 Å². The van der Waals surface area contributed by atoms with Crippen molar-refractivity contribution in [1.29, 1.82) is 0 Å². The second-order valence-corrected chi connectivity index (χ2v) is 8.28. The van der Waals surface area contributed by atoms with E-state index in [9.17, 15) is 13.2 Å². The van der Waals surface area contributed by atoms with Gasteiger partial charge in [-0.25, -0.2) is 4.98 Å². The standard InChI is InChI=1S/C18H31N3O4S/c1-4-5-6-7-8-19-13-16-11-15(14(2)3)12-17(21-16)18(22)20-9-10-26(23,24)25/h11-12,14,19H,4-10,13H2,1-3H3,(H,20,22)(H,23,24,25). The summed E-state index contributed by atoms with van der Waals surface area (Å²) in [6.45, 7) is 7.59. The van der Waals surface area contributed by atoms with Crippen LogP contribution in [0.5, 0.6) is 0 Å². The smallest absolute Gasteiger partial charge is 0.269 e. The maximum Gasteiger partial charge on any atom is 0.269 e. The second kappa shape index (κ2) is 11.3. The molecule has 0 saturated carbocycles. The Hall–Kier alpha value is -1.51. The molecule has 1 aromatic rings. The first kappa shape index (κ1) is 22.5. The summed E-state index contributed by atoms with van der Waals surface area (Å²) in [6, 6.07) is 3.71. The highest BCUT2D eigenvalue weighted by atomic mass is 32.2. The topological polar surface area (TPSA) is 108 Å². The number of hydrogen-bond donors (Lipinski definition) is 3. The molecular weight excluding hydrogens is 354 g/mol. The van der Waals surface area contributed by atoms with Crippen LogP contribution in [0.25, 0.3) is 0 Å². The molecule has 0 unspecified atom stereocenters. The number of amides is 1. The monoisotopic (exact) mass is 385 g/mol. The van der Waals surface area contributed by atoms with Gasteiger partial charge in [-0.15, -0.1) is 0 Å². The first-order valence-corrected chi connectivity index (χ1v) is 10.8. The van der Waals surface area contributed by atoms with Crippen LogP contribution in [0, 0.1) is 0 Å². The largest absolute Gasteiger partial charge is 0.350 e. The molecule has 0 aliphatic rings. The Balaban J connectivity index is 2.69. The lowest BCUT2D eigenvalue weighted by Gasteiger charge is -2.12. The van der Waals surface area contributed by atoms with Crippen molar-refractivity contribution in [2.45, 2.75) is 58.9 Å². The van der Waals surface area contributed by atoms with Gasteiger partial charge in [0.05, 0.1) is 11.4 Å². The summed E-state index contributed by atoms with van der Waals surface area (Å²) in [7, 11) is -4.10. The van der Waals surface area contributed by atoms with Crippen molar-refractivity contribution in [1.82, 2.24) is 15.6 Å². The van der Waals surface area contributed by atoms with Crippen LogP contribution in [-0.2, 0) is 16.7 Å². The number of hydrogen-bond acceptors (Lipinski definition) is 5. The zero-order valence-corrected chi connectivity index (χ0v) is 16.7. The van der Waals surface area contributed by atoms with E-state index in [4.69, 9.17) is 4.55 Å². The fraction of sp³-hybridized carbons (Fsp3) is 0.667. The van der Waals surface area contributed by atoms with E-state index in [1.165, 1.54) is 19.3 Å². The van der Waals surface area contributed by atoms with Crippen LogP contribution in [0.15, 0.2) is 12.1 Å². The summed E-state index contributed by atoms with van der Waals surface area (Å²) >= 11 is 0. The van der Waals surface area contributed by atoms with Crippen LogP contribution in [0.2, 0.25) is 0 Å². The summed E-state index contributed by atoms with van der Waals surface area (Å²) in [5.74, 6) is -0.722. The van der Waals surface area contributed by atoms with Gasteiger partial charge >= 0.3 is 0 Å². The van der Waals surface area contributed by atoms with Gasteiger partial charge in [0.2, 0.25) is 0 Å². The lowest BCUT2D eigenvalue weighted by atomic mass is 10.0. The Morgan fingerprint density at radius 2 is 1.92 bits per heavy atom. The molecule has 1 rings (SSSR count). The first-order valence-electron chi connectivity index (χ1n) is 9.18.